The Morgan fingerprint density at radius 3 is 2.07 bits per heavy atom. The molecule has 1 atom stereocenters. The molecule has 27 heavy (non-hydrogen) atoms. The van der Waals surface area contributed by atoms with Crippen molar-refractivity contribution in [2.75, 3.05) is 19.8 Å². The molecule has 4 nitrogen and oxygen atoms in total. The van der Waals surface area contributed by atoms with E-state index in [9.17, 15) is 23.4 Å². The quantitative estimate of drug-likeness (QED) is 0.317. The Morgan fingerprint density at radius 2 is 1.52 bits per heavy atom. The minimum atomic E-state index is -4.93. The number of aliphatic hydroxyl groups excluding tert-OH is 1. The summed E-state index contributed by atoms with van der Waals surface area (Å²) < 4.78 is 45.0. The van der Waals surface area contributed by atoms with Crippen LogP contribution in [0.2, 0.25) is 10.0 Å². The van der Waals surface area contributed by atoms with E-state index in [0.717, 1.165) is 6.42 Å². The lowest BCUT2D eigenvalue weighted by atomic mass is 10.2. The van der Waals surface area contributed by atoms with Crippen molar-refractivity contribution in [3.8, 4) is 11.5 Å². The first-order valence-corrected chi connectivity index (χ1v) is 9.49. The molecule has 1 aromatic rings. The highest BCUT2D eigenvalue weighted by Crippen LogP contribution is 2.43. The second kappa shape index (κ2) is 11.0. The first-order chi connectivity index (χ1) is 12.5. The molecule has 0 saturated carbocycles. The van der Waals surface area contributed by atoms with Crippen molar-refractivity contribution in [3.05, 3.63) is 22.2 Å². The van der Waals surface area contributed by atoms with E-state index in [1.165, 1.54) is 12.1 Å². The van der Waals surface area contributed by atoms with Gasteiger partial charge in [0.25, 0.3) is 0 Å². The fourth-order valence-electron chi connectivity index (χ4n) is 2.01. The van der Waals surface area contributed by atoms with Gasteiger partial charge in [0.2, 0.25) is 4.33 Å². The van der Waals surface area contributed by atoms with Gasteiger partial charge in [-0.05, 0) is 25.7 Å². The fourth-order valence-corrected chi connectivity index (χ4v) is 2.81. The van der Waals surface area contributed by atoms with E-state index >= 15 is 0 Å². The minimum Gasteiger partial charge on any atom is -0.508 e. The van der Waals surface area contributed by atoms with Crippen LogP contribution < -0.4 is 4.74 Å². The highest BCUT2D eigenvalue weighted by Gasteiger charge is 2.57. The van der Waals surface area contributed by atoms with E-state index < -0.39 is 16.6 Å². The Labute approximate surface area is 175 Å². The molecule has 11 heteroatoms. The number of aliphatic hydroxyl groups is 1. The third-order valence-corrected chi connectivity index (χ3v) is 4.99. The van der Waals surface area contributed by atoms with Crippen LogP contribution in [-0.4, -0.2) is 46.6 Å². The molecule has 0 aliphatic carbocycles. The van der Waals surface area contributed by atoms with Gasteiger partial charge in [0.15, 0.2) is 5.75 Å². The van der Waals surface area contributed by atoms with Gasteiger partial charge in [-0.1, -0.05) is 46.4 Å². The Hall–Kier alpha value is -0.310. The molecule has 0 amide bonds. The SMILES string of the molecule is Oc1cc(Cl)c(OCCCCCOCCC(O)C(Cl)(Cl)C(F)(F)F)c(Cl)c1. The van der Waals surface area contributed by atoms with Crippen molar-refractivity contribution >= 4 is 46.4 Å². The number of halogens is 7. The van der Waals surface area contributed by atoms with Crippen LogP contribution in [0.15, 0.2) is 12.1 Å². The zero-order valence-corrected chi connectivity index (χ0v) is 17.1. The Bertz CT molecular complexity index is 577. The highest BCUT2D eigenvalue weighted by atomic mass is 35.5. The summed E-state index contributed by atoms with van der Waals surface area (Å²) in [7, 11) is 0. The molecule has 0 bridgehead atoms. The van der Waals surface area contributed by atoms with Crippen molar-refractivity contribution in [1.29, 1.82) is 0 Å². The number of benzene rings is 1. The summed E-state index contributed by atoms with van der Waals surface area (Å²) in [6.07, 6.45) is -5.21. The maximum Gasteiger partial charge on any atom is 0.424 e. The number of phenols is 1. The number of rotatable bonds is 11. The molecular weight excluding hydrogens is 455 g/mol. The average molecular weight is 474 g/mol. The molecule has 156 valence electrons. The molecule has 0 aliphatic rings. The molecule has 0 aromatic heterocycles. The van der Waals surface area contributed by atoms with Crippen LogP contribution in [0.4, 0.5) is 13.2 Å². The first kappa shape index (κ1) is 24.7. The van der Waals surface area contributed by atoms with Crippen LogP contribution >= 0.6 is 46.4 Å². The van der Waals surface area contributed by atoms with Crippen molar-refractivity contribution in [2.45, 2.75) is 42.3 Å². The average Bonchev–Trinajstić information content (AvgIpc) is 2.53. The Balaban J connectivity index is 2.13. The van der Waals surface area contributed by atoms with Crippen molar-refractivity contribution < 1.29 is 32.9 Å². The van der Waals surface area contributed by atoms with Crippen LogP contribution in [0.5, 0.6) is 11.5 Å². The van der Waals surface area contributed by atoms with Crippen molar-refractivity contribution in [3.63, 3.8) is 0 Å². The predicted octanol–water partition coefficient (Wildman–Crippen LogP) is 5.75. The zero-order valence-electron chi connectivity index (χ0n) is 14.0. The molecule has 0 spiro atoms. The van der Waals surface area contributed by atoms with E-state index in [1.807, 2.05) is 0 Å². The van der Waals surface area contributed by atoms with Gasteiger partial charge < -0.3 is 19.7 Å². The van der Waals surface area contributed by atoms with Gasteiger partial charge in [-0.3, -0.25) is 0 Å². The third-order valence-electron chi connectivity index (χ3n) is 3.49. The summed E-state index contributed by atoms with van der Waals surface area (Å²) in [6.45, 7) is 0.542. The number of hydrogen-bond donors (Lipinski definition) is 2. The van der Waals surface area contributed by atoms with Crippen LogP contribution in [0, 0.1) is 0 Å². The van der Waals surface area contributed by atoms with Crippen LogP contribution in [0.3, 0.4) is 0 Å². The summed E-state index contributed by atoms with van der Waals surface area (Å²) in [5.74, 6) is 0.229. The van der Waals surface area contributed by atoms with E-state index in [2.05, 4.69) is 0 Å². The molecule has 0 fully saturated rings. The van der Waals surface area contributed by atoms with E-state index in [-0.39, 0.29) is 34.6 Å². The number of hydrogen-bond acceptors (Lipinski definition) is 4. The van der Waals surface area contributed by atoms with Crippen LogP contribution in [0.1, 0.15) is 25.7 Å². The normalized spacial score (nSPS) is 13.6. The van der Waals surface area contributed by atoms with E-state index in [4.69, 9.17) is 55.9 Å². The third kappa shape index (κ3) is 7.91. The molecule has 0 radical (unpaired) electrons. The van der Waals surface area contributed by atoms with Gasteiger partial charge >= 0.3 is 6.18 Å². The molecule has 1 unspecified atom stereocenters. The predicted molar refractivity (Wildman–Crippen MR) is 99.4 cm³/mol. The van der Waals surface area contributed by atoms with Gasteiger partial charge in [0.1, 0.15) is 5.75 Å². The summed E-state index contributed by atoms with van der Waals surface area (Å²) in [5.41, 5.74) is 0. The number of unbranched alkanes of at least 4 members (excludes halogenated alkanes) is 2. The second-order valence-electron chi connectivity index (χ2n) is 5.69. The van der Waals surface area contributed by atoms with E-state index in [1.54, 1.807) is 0 Å². The molecule has 1 aromatic carbocycles. The summed E-state index contributed by atoms with van der Waals surface area (Å²) >= 11 is 22.1. The largest absolute Gasteiger partial charge is 0.508 e. The zero-order chi connectivity index (χ0) is 20.7. The monoisotopic (exact) mass is 472 g/mol. The number of ether oxygens (including phenoxy) is 2. The maximum atomic E-state index is 12.5. The first-order valence-electron chi connectivity index (χ1n) is 7.98. The van der Waals surface area contributed by atoms with Gasteiger partial charge in [0.05, 0.1) is 22.8 Å². The fraction of sp³-hybridized carbons (Fsp3) is 0.625. The van der Waals surface area contributed by atoms with Crippen LogP contribution in [0.25, 0.3) is 0 Å². The summed E-state index contributed by atoms with van der Waals surface area (Å²) in [6, 6.07) is 2.64. The van der Waals surface area contributed by atoms with Crippen LogP contribution in [-0.2, 0) is 4.74 Å². The highest BCUT2D eigenvalue weighted by molar-refractivity contribution is 6.49. The molecule has 0 heterocycles. The second-order valence-corrected chi connectivity index (χ2v) is 7.89. The van der Waals surface area contributed by atoms with Gasteiger partial charge in [-0.15, -0.1) is 0 Å². The summed E-state index contributed by atoms with van der Waals surface area (Å²) in [5, 5.41) is 19.2. The topological polar surface area (TPSA) is 58.9 Å². The number of phenolic OH excluding ortho intramolecular Hbond substituents is 1. The maximum absolute atomic E-state index is 12.5. The molecule has 1 rings (SSSR count). The lowest BCUT2D eigenvalue weighted by Gasteiger charge is -2.27. The number of alkyl halides is 5. The Morgan fingerprint density at radius 1 is 0.963 bits per heavy atom. The van der Waals surface area contributed by atoms with Gasteiger partial charge in [-0.2, -0.15) is 13.2 Å². The molecule has 0 aliphatic heterocycles. The Kier molecular flexibility index (Phi) is 10.1. The smallest absolute Gasteiger partial charge is 0.424 e. The lowest BCUT2D eigenvalue weighted by Crippen LogP contribution is -2.45. The van der Waals surface area contributed by atoms with Crippen molar-refractivity contribution in [1.82, 2.24) is 0 Å². The summed E-state index contributed by atoms with van der Waals surface area (Å²) in [4.78, 5) is 0. The van der Waals surface area contributed by atoms with Crippen molar-refractivity contribution in [2.24, 2.45) is 0 Å². The molecule has 2 N–H and O–H groups in total. The minimum absolute atomic E-state index is 0.0598. The molecular formula is C16H19Cl4F3O4. The van der Waals surface area contributed by atoms with E-state index in [0.29, 0.717) is 26.1 Å². The number of aromatic hydroxyl groups is 1. The van der Waals surface area contributed by atoms with Gasteiger partial charge in [0, 0.05) is 25.3 Å². The molecule has 0 saturated heterocycles. The standard InChI is InChI=1S/C16H19Cl4F3O4/c17-11-8-10(24)9-12(18)14(11)27-6-3-1-2-5-26-7-4-13(25)15(19,20)16(21,22)23/h8-9,13,24-25H,1-7H2. The lowest BCUT2D eigenvalue weighted by molar-refractivity contribution is -0.163. The van der Waals surface area contributed by atoms with Gasteiger partial charge in [-0.25, -0.2) is 0 Å².